The molecule has 5 rings (SSSR count). The van der Waals surface area contributed by atoms with Crippen molar-refractivity contribution in [3.05, 3.63) is 60.4 Å². The van der Waals surface area contributed by atoms with Crippen LogP contribution >= 0.6 is 11.3 Å². The summed E-state index contributed by atoms with van der Waals surface area (Å²) in [5.41, 5.74) is 4.79. The molecule has 1 aromatic carbocycles. The summed E-state index contributed by atoms with van der Waals surface area (Å²) in [5.74, 6) is 1.86. The number of benzene rings is 1. The van der Waals surface area contributed by atoms with E-state index >= 15 is 0 Å². The predicted octanol–water partition coefficient (Wildman–Crippen LogP) is 6.71. The molecule has 0 radical (unpaired) electrons. The predicted molar refractivity (Wildman–Crippen MR) is 131 cm³/mol. The Morgan fingerprint density at radius 1 is 0.839 bits per heavy atom. The van der Waals surface area contributed by atoms with Crippen LogP contribution in [-0.4, -0.2) is 28.0 Å². The minimum absolute atomic E-state index is 0.158. The van der Waals surface area contributed by atoms with Crippen molar-refractivity contribution >= 4 is 27.4 Å². The van der Waals surface area contributed by atoms with Crippen LogP contribution in [0.3, 0.4) is 0 Å². The highest BCUT2D eigenvalue weighted by molar-refractivity contribution is 7.22. The maximum absolute atomic E-state index is 5.05. The molecule has 158 valence electrons. The smallest absolute Gasteiger partial charge is 0.162 e. The summed E-state index contributed by atoms with van der Waals surface area (Å²) < 4.78 is 1.19. The summed E-state index contributed by atoms with van der Waals surface area (Å²) in [6, 6.07) is 15.2. The number of rotatable bonds is 3. The van der Waals surface area contributed by atoms with Gasteiger partial charge in [-0.3, -0.25) is 4.98 Å². The monoisotopic (exact) mass is 428 g/mol. The fourth-order valence-electron chi connectivity index (χ4n) is 4.14. The van der Waals surface area contributed by atoms with Crippen molar-refractivity contribution in [1.29, 1.82) is 0 Å². The van der Waals surface area contributed by atoms with Gasteiger partial charge in [-0.1, -0.05) is 45.0 Å². The molecule has 1 aliphatic heterocycles. The Labute approximate surface area is 188 Å². The first-order valence-electron chi connectivity index (χ1n) is 11.1. The lowest BCUT2D eigenvalue weighted by Gasteiger charge is -2.28. The Morgan fingerprint density at radius 2 is 1.55 bits per heavy atom. The van der Waals surface area contributed by atoms with Crippen LogP contribution in [0, 0.1) is 0 Å². The molecular weight excluding hydrogens is 400 g/mol. The number of piperidine rings is 1. The highest BCUT2D eigenvalue weighted by atomic mass is 32.1. The van der Waals surface area contributed by atoms with Crippen LogP contribution in [0.15, 0.2) is 54.9 Å². The summed E-state index contributed by atoms with van der Waals surface area (Å²) in [5, 5.41) is 0. The van der Waals surface area contributed by atoms with Gasteiger partial charge < -0.3 is 4.90 Å². The van der Waals surface area contributed by atoms with Crippen LogP contribution in [0.4, 0.5) is 5.82 Å². The molecule has 0 saturated carbocycles. The molecule has 4 heterocycles. The summed E-state index contributed by atoms with van der Waals surface area (Å²) in [6.07, 6.45) is 7.36. The number of aromatic nitrogens is 3. The van der Waals surface area contributed by atoms with Crippen molar-refractivity contribution in [1.82, 2.24) is 15.0 Å². The van der Waals surface area contributed by atoms with Gasteiger partial charge in [-0.05, 0) is 54.0 Å². The van der Waals surface area contributed by atoms with Gasteiger partial charge in [0.25, 0.3) is 0 Å². The van der Waals surface area contributed by atoms with Gasteiger partial charge in [0.1, 0.15) is 0 Å². The van der Waals surface area contributed by atoms with Gasteiger partial charge in [0.15, 0.2) is 11.6 Å². The van der Waals surface area contributed by atoms with Crippen LogP contribution < -0.4 is 4.90 Å². The van der Waals surface area contributed by atoms with E-state index in [0.29, 0.717) is 0 Å². The van der Waals surface area contributed by atoms with Crippen molar-refractivity contribution in [3.8, 4) is 21.8 Å². The average molecular weight is 429 g/mol. The van der Waals surface area contributed by atoms with E-state index < -0.39 is 0 Å². The minimum Gasteiger partial charge on any atom is -0.355 e. The number of thiophene rings is 1. The molecule has 3 aromatic heterocycles. The van der Waals surface area contributed by atoms with Gasteiger partial charge in [-0.25, -0.2) is 9.97 Å². The fraction of sp³-hybridized carbons (Fsp3) is 0.346. The SMILES string of the molecule is CC(C)(C)c1ccc(-c2cc3nc(-c4ccncc4)nc(N4CCCCC4)c3s2)cc1. The zero-order chi connectivity index (χ0) is 21.4. The number of hydrogen-bond donors (Lipinski definition) is 0. The Bertz CT molecular complexity index is 1180. The quantitative estimate of drug-likeness (QED) is 0.364. The van der Waals surface area contributed by atoms with E-state index in [4.69, 9.17) is 9.97 Å². The Kier molecular flexibility index (Phi) is 5.22. The average Bonchev–Trinajstić information content (AvgIpc) is 3.23. The lowest BCUT2D eigenvalue weighted by Crippen LogP contribution is -2.30. The molecule has 0 spiro atoms. The first-order chi connectivity index (χ1) is 15.0. The maximum Gasteiger partial charge on any atom is 0.162 e. The van der Waals surface area contributed by atoms with Crippen molar-refractivity contribution in [2.75, 3.05) is 18.0 Å². The fourth-order valence-corrected chi connectivity index (χ4v) is 5.26. The molecule has 4 aromatic rings. The van der Waals surface area contributed by atoms with E-state index in [1.165, 1.54) is 40.0 Å². The molecule has 4 nitrogen and oxygen atoms in total. The van der Waals surface area contributed by atoms with E-state index in [1.54, 1.807) is 12.4 Å². The van der Waals surface area contributed by atoms with Gasteiger partial charge >= 0.3 is 0 Å². The summed E-state index contributed by atoms with van der Waals surface area (Å²) in [7, 11) is 0. The Morgan fingerprint density at radius 3 is 2.23 bits per heavy atom. The highest BCUT2D eigenvalue weighted by Gasteiger charge is 2.20. The van der Waals surface area contributed by atoms with Crippen LogP contribution in [0.25, 0.3) is 32.0 Å². The second-order valence-electron chi connectivity index (χ2n) is 9.31. The number of anilines is 1. The topological polar surface area (TPSA) is 41.9 Å². The number of hydrogen-bond acceptors (Lipinski definition) is 5. The Balaban J connectivity index is 1.62. The summed E-state index contributed by atoms with van der Waals surface area (Å²) in [4.78, 5) is 17.8. The summed E-state index contributed by atoms with van der Waals surface area (Å²) >= 11 is 1.81. The van der Waals surface area contributed by atoms with Crippen molar-refractivity contribution in [3.63, 3.8) is 0 Å². The zero-order valence-electron chi connectivity index (χ0n) is 18.4. The van der Waals surface area contributed by atoms with Crippen LogP contribution in [-0.2, 0) is 5.41 Å². The van der Waals surface area contributed by atoms with Crippen LogP contribution in [0.2, 0.25) is 0 Å². The first kappa shape index (κ1) is 20.1. The van der Waals surface area contributed by atoms with E-state index in [9.17, 15) is 0 Å². The third-order valence-corrected chi connectivity index (χ3v) is 7.15. The van der Waals surface area contributed by atoms with Gasteiger partial charge in [0, 0.05) is 35.9 Å². The van der Waals surface area contributed by atoms with E-state index in [1.807, 2.05) is 23.5 Å². The molecule has 5 heteroatoms. The molecule has 0 amide bonds. The molecule has 1 saturated heterocycles. The van der Waals surface area contributed by atoms with Gasteiger partial charge in [-0.15, -0.1) is 11.3 Å². The van der Waals surface area contributed by atoms with Crippen LogP contribution in [0.1, 0.15) is 45.6 Å². The second kappa shape index (κ2) is 8.04. The van der Waals surface area contributed by atoms with E-state index in [-0.39, 0.29) is 5.41 Å². The lowest BCUT2D eigenvalue weighted by atomic mass is 9.86. The highest BCUT2D eigenvalue weighted by Crippen LogP contribution is 2.39. The van der Waals surface area contributed by atoms with Crippen molar-refractivity contribution in [2.45, 2.75) is 45.4 Å². The molecule has 1 fully saturated rings. The van der Waals surface area contributed by atoms with Gasteiger partial charge in [0.05, 0.1) is 10.2 Å². The van der Waals surface area contributed by atoms with Crippen molar-refractivity contribution in [2.24, 2.45) is 0 Å². The molecule has 31 heavy (non-hydrogen) atoms. The number of fused-ring (bicyclic) bond motifs is 1. The molecule has 0 unspecified atom stereocenters. The maximum atomic E-state index is 5.05. The molecule has 0 N–H and O–H groups in total. The standard InChI is InChI=1S/C26H28N4S/c1-26(2,3)20-9-7-18(8-10-20)22-17-21-23(31-22)25(30-15-5-4-6-16-30)29-24(28-21)19-11-13-27-14-12-19/h7-14,17H,4-6,15-16H2,1-3H3. The second-order valence-corrected chi connectivity index (χ2v) is 10.4. The molecule has 0 aliphatic carbocycles. The number of pyridine rings is 1. The van der Waals surface area contributed by atoms with Gasteiger partial charge in [-0.2, -0.15) is 0 Å². The largest absolute Gasteiger partial charge is 0.355 e. The normalized spacial score (nSPS) is 14.9. The van der Waals surface area contributed by atoms with Crippen molar-refractivity contribution < 1.29 is 0 Å². The van der Waals surface area contributed by atoms with Crippen LogP contribution in [0.5, 0.6) is 0 Å². The molecular formula is C26H28N4S. The van der Waals surface area contributed by atoms with Gasteiger partial charge in [0.2, 0.25) is 0 Å². The van der Waals surface area contributed by atoms with E-state index in [2.05, 4.69) is 61.0 Å². The third-order valence-electron chi connectivity index (χ3n) is 5.98. The minimum atomic E-state index is 0.158. The lowest BCUT2D eigenvalue weighted by molar-refractivity contribution is 0.575. The first-order valence-corrected chi connectivity index (χ1v) is 11.9. The molecule has 1 aliphatic rings. The zero-order valence-corrected chi connectivity index (χ0v) is 19.2. The Hall–Kier alpha value is -2.79. The molecule has 0 bridgehead atoms. The van der Waals surface area contributed by atoms with E-state index in [0.717, 1.165) is 35.8 Å². The molecule has 0 atom stereocenters. The summed E-state index contributed by atoms with van der Waals surface area (Å²) in [6.45, 7) is 8.89. The third kappa shape index (κ3) is 4.07. The number of nitrogens with zero attached hydrogens (tertiary/aromatic N) is 4.